The smallest absolute Gasteiger partial charge is 0.309 e. The van der Waals surface area contributed by atoms with Crippen LogP contribution >= 0.6 is 30.5 Å². The average molecular weight is 303 g/mol. The van der Waals surface area contributed by atoms with E-state index < -0.39 is 6.87 Å². The molecule has 0 radical (unpaired) electrons. The molecular formula is C10H21Cl2N2O2P. The summed E-state index contributed by atoms with van der Waals surface area (Å²) in [5, 5.41) is 0. The highest BCUT2D eigenvalue weighted by Gasteiger charge is 2.34. The van der Waals surface area contributed by atoms with Crippen LogP contribution in [0.2, 0.25) is 0 Å². The van der Waals surface area contributed by atoms with Crippen LogP contribution in [0.25, 0.3) is 0 Å². The standard InChI is InChI=1S/C10H20ClN2O2P.ClH/c1-15-16(11,14)13-8-4-10(5-9-13)12-6-2-3-7-12;/h10H,2-9H2,1H3;1H. The van der Waals surface area contributed by atoms with E-state index in [1.807, 2.05) is 0 Å². The van der Waals surface area contributed by atoms with Crippen molar-refractivity contribution in [2.45, 2.75) is 31.7 Å². The van der Waals surface area contributed by atoms with Gasteiger partial charge < -0.3 is 9.42 Å². The summed E-state index contributed by atoms with van der Waals surface area (Å²) < 4.78 is 18.5. The molecule has 2 saturated heterocycles. The zero-order chi connectivity index (χ0) is 11.6. The molecule has 4 nitrogen and oxygen atoms in total. The van der Waals surface area contributed by atoms with Gasteiger partial charge in [0.15, 0.2) is 0 Å². The Kier molecular flexibility index (Phi) is 6.24. The summed E-state index contributed by atoms with van der Waals surface area (Å²) >= 11 is 5.85. The van der Waals surface area contributed by atoms with Gasteiger partial charge in [0.1, 0.15) is 0 Å². The minimum atomic E-state index is -3.02. The van der Waals surface area contributed by atoms with Crippen molar-refractivity contribution in [2.24, 2.45) is 0 Å². The first kappa shape index (κ1) is 15.7. The van der Waals surface area contributed by atoms with E-state index in [1.165, 1.54) is 33.0 Å². The molecular weight excluding hydrogens is 282 g/mol. The molecule has 7 heteroatoms. The summed E-state index contributed by atoms with van der Waals surface area (Å²) in [5.41, 5.74) is 0. The molecule has 1 atom stereocenters. The minimum absolute atomic E-state index is 0. The van der Waals surface area contributed by atoms with Gasteiger partial charge in [-0.3, -0.25) is 4.57 Å². The van der Waals surface area contributed by atoms with Gasteiger partial charge in [-0.2, -0.15) is 0 Å². The van der Waals surface area contributed by atoms with Gasteiger partial charge in [-0.1, -0.05) is 0 Å². The lowest BCUT2D eigenvalue weighted by atomic mass is 10.1. The molecule has 0 aliphatic carbocycles. The van der Waals surface area contributed by atoms with E-state index in [-0.39, 0.29) is 12.4 Å². The summed E-state index contributed by atoms with van der Waals surface area (Å²) in [6, 6.07) is 0.660. The van der Waals surface area contributed by atoms with Crippen LogP contribution in [0.1, 0.15) is 25.7 Å². The van der Waals surface area contributed by atoms with Crippen molar-refractivity contribution < 1.29 is 9.09 Å². The van der Waals surface area contributed by atoms with Gasteiger partial charge in [0.05, 0.1) is 0 Å². The number of hydrogen-bond donors (Lipinski definition) is 0. The number of halogens is 2. The van der Waals surface area contributed by atoms with Crippen LogP contribution in [0.4, 0.5) is 0 Å². The molecule has 1 unspecified atom stereocenters. The van der Waals surface area contributed by atoms with Gasteiger partial charge in [0.25, 0.3) is 0 Å². The Morgan fingerprint density at radius 1 is 1.18 bits per heavy atom. The molecule has 0 amide bonds. The highest BCUT2D eigenvalue weighted by Crippen LogP contribution is 2.56. The van der Waals surface area contributed by atoms with Gasteiger partial charge in [-0.15, -0.1) is 12.4 Å². The van der Waals surface area contributed by atoms with Gasteiger partial charge in [-0.25, -0.2) is 4.67 Å². The first-order chi connectivity index (χ1) is 7.63. The third-order valence-electron chi connectivity index (χ3n) is 3.66. The van der Waals surface area contributed by atoms with Crippen molar-refractivity contribution in [1.82, 2.24) is 9.57 Å². The lowest BCUT2D eigenvalue weighted by molar-refractivity contribution is 0.160. The fraction of sp³-hybridized carbons (Fsp3) is 1.00. The molecule has 2 rings (SSSR count). The quantitative estimate of drug-likeness (QED) is 0.751. The lowest BCUT2D eigenvalue weighted by Gasteiger charge is -2.37. The summed E-state index contributed by atoms with van der Waals surface area (Å²) in [6.45, 7) is 1.01. The predicted molar refractivity (Wildman–Crippen MR) is 73.1 cm³/mol. The first-order valence-corrected chi connectivity index (χ1v) is 8.46. The van der Waals surface area contributed by atoms with Crippen LogP contribution in [0.15, 0.2) is 0 Å². The SMILES string of the molecule is COP(=O)(Cl)N1CCC(N2CCCC2)CC1.Cl. The number of rotatable bonds is 3. The largest absolute Gasteiger partial charge is 0.362 e. The van der Waals surface area contributed by atoms with Crippen molar-refractivity contribution in [3.8, 4) is 0 Å². The van der Waals surface area contributed by atoms with E-state index in [0.717, 1.165) is 25.9 Å². The van der Waals surface area contributed by atoms with Crippen molar-refractivity contribution >= 4 is 30.5 Å². The maximum Gasteiger partial charge on any atom is 0.362 e. The van der Waals surface area contributed by atoms with Crippen molar-refractivity contribution in [1.29, 1.82) is 0 Å². The molecule has 0 aromatic rings. The fourth-order valence-electron chi connectivity index (χ4n) is 2.68. The third kappa shape index (κ3) is 3.82. The average Bonchev–Trinajstić information content (AvgIpc) is 2.83. The Labute approximate surface area is 114 Å². The highest BCUT2D eigenvalue weighted by molar-refractivity contribution is 7.83. The topological polar surface area (TPSA) is 32.8 Å². The van der Waals surface area contributed by atoms with E-state index in [4.69, 9.17) is 15.8 Å². The Bertz CT molecular complexity index is 279. The normalized spacial score (nSPS) is 27.6. The Morgan fingerprint density at radius 3 is 2.18 bits per heavy atom. The molecule has 0 aromatic carbocycles. The molecule has 0 bridgehead atoms. The molecule has 0 aromatic heterocycles. The molecule has 2 heterocycles. The second-order valence-electron chi connectivity index (χ2n) is 4.56. The highest BCUT2D eigenvalue weighted by atomic mass is 35.7. The number of piperidine rings is 1. The molecule has 0 spiro atoms. The summed E-state index contributed by atoms with van der Waals surface area (Å²) in [4.78, 5) is 2.56. The van der Waals surface area contributed by atoms with Gasteiger partial charge in [0, 0.05) is 26.2 Å². The molecule has 2 aliphatic rings. The maximum absolute atomic E-state index is 11.8. The zero-order valence-electron chi connectivity index (χ0n) is 10.2. The molecule has 0 saturated carbocycles. The van der Waals surface area contributed by atoms with Crippen LogP contribution in [0.3, 0.4) is 0 Å². The van der Waals surface area contributed by atoms with Crippen LogP contribution in [0.5, 0.6) is 0 Å². The van der Waals surface area contributed by atoms with Gasteiger partial charge >= 0.3 is 6.87 Å². The van der Waals surface area contributed by atoms with Crippen molar-refractivity contribution in [3.05, 3.63) is 0 Å². The zero-order valence-corrected chi connectivity index (χ0v) is 12.6. The Hall–Kier alpha value is 0.690. The summed E-state index contributed by atoms with van der Waals surface area (Å²) in [6.07, 6.45) is 4.76. The van der Waals surface area contributed by atoms with E-state index in [2.05, 4.69) is 4.90 Å². The number of nitrogens with zero attached hydrogens (tertiary/aromatic N) is 2. The van der Waals surface area contributed by atoms with Crippen molar-refractivity contribution in [2.75, 3.05) is 33.3 Å². The Balaban J connectivity index is 0.00000144. The van der Waals surface area contributed by atoms with Gasteiger partial charge in [0.2, 0.25) is 0 Å². The second-order valence-corrected chi connectivity index (χ2v) is 7.68. The molecule has 17 heavy (non-hydrogen) atoms. The third-order valence-corrected chi connectivity index (χ3v) is 6.24. The number of likely N-dealkylation sites (tertiary alicyclic amines) is 1. The van der Waals surface area contributed by atoms with Crippen LogP contribution in [-0.2, 0) is 9.09 Å². The van der Waals surface area contributed by atoms with Crippen molar-refractivity contribution in [3.63, 3.8) is 0 Å². The van der Waals surface area contributed by atoms with E-state index >= 15 is 0 Å². The Morgan fingerprint density at radius 2 is 1.71 bits per heavy atom. The molecule has 0 N–H and O–H groups in total. The van der Waals surface area contributed by atoms with Crippen LogP contribution in [-0.4, -0.2) is 48.9 Å². The fourth-order valence-corrected chi connectivity index (χ4v) is 4.07. The first-order valence-electron chi connectivity index (χ1n) is 5.98. The molecule has 102 valence electrons. The van der Waals surface area contributed by atoms with Crippen LogP contribution in [0, 0.1) is 0 Å². The lowest BCUT2D eigenvalue weighted by Crippen LogP contribution is -2.42. The second kappa shape index (κ2) is 6.74. The monoisotopic (exact) mass is 302 g/mol. The molecule has 2 fully saturated rings. The molecule has 2 aliphatic heterocycles. The number of hydrogen-bond acceptors (Lipinski definition) is 3. The van der Waals surface area contributed by atoms with E-state index in [9.17, 15) is 4.57 Å². The minimum Gasteiger partial charge on any atom is -0.309 e. The summed E-state index contributed by atoms with van der Waals surface area (Å²) in [5.74, 6) is 0. The maximum atomic E-state index is 11.8. The van der Waals surface area contributed by atoms with Gasteiger partial charge in [-0.05, 0) is 50.0 Å². The predicted octanol–water partition coefficient (Wildman–Crippen LogP) is 2.96. The van der Waals surface area contributed by atoms with E-state index in [1.54, 1.807) is 4.67 Å². The van der Waals surface area contributed by atoms with E-state index in [0.29, 0.717) is 6.04 Å². The van der Waals surface area contributed by atoms with Crippen LogP contribution < -0.4 is 0 Å². The summed E-state index contributed by atoms with van der Waals surface area (Å²) in [7, 11) is 1.42.